The number of carbonyl (C=O) groups excluding carboxylic acids is 1. The highest BCUT2D eigenvalue weighted by molar-refractivity contribution is 7.90. The van der Waals surface area contributed by atoms with Gasteiger partial charge in [0.05, 0.1) is 9.79 Å². The summed E-state index contributed by atoms with van der Waals surface area (Å²) in [6.07, 6.45) is 2.49. The highest BCUT2D eigenvalue weighted by atomic mass is 32.2. The summed E-state index contributed by atoms with van der Waals surface area (Å²) in [5.41, 5.74) is 0.588. The fraction of sp³-hybridized carbons (Fsp3) is 0.318. The van der Waals surface area contributed by atoms with Gasteiger partial charge in [-0.05, 0) is 55.3 Å². The predicted molar refractivity (Wildman–Crippen MR) is 127 cm³/mol. The summed E-state index contributed by atoms with van der Waals surface area (Å²) in [6.45, 7) is 4.67. The van der Waals surface area contributed by atoms with Gasteiger partial charge in [0, 0.05) is 30.5 Å². The van der Waals surface area contributed by atoms with Crippen molar-refractivity contribution < 1.29 is 26.0 Å². The van der Waals surface area contributed by atoms with Crippen LogP contribution in [0, 0.1) is 0 Å². The first kappa shape index (κ1) is 25.5. The molecule has 10 nitrogen and oxygen atoms in total. The number of anilines is 1. The van der Waals surface area contributed by atoms with E-state index in [1.807, 2.05) is 13.8 Å². The van der Waals surface area contributed by atoms with Crippen LogP contribution in [0.4, 0.5) is 6.01 Å². The lowest BCUT2D eigenvalue weighted by Gasteiger charge is -2.21. The molecule has 0 saturated carbocycles. The van der Waals surface area contributed by atoms with Crippen molar-refractivity contribution in [1.82, 2.24) is 14.5 Å². The molecule has 0 atom stereocenters. The summed E-state index contributed by atoms with van der Waals surface area (Å²) in [5, 5.41) is 10.1. The summed E-state index contributed by atoms with van der Waals surface area (Å²) in [5.74, 6) is -0.530. The molecule has 1 amide bonds. The maximum absolute atomic E-state index is 12.9. The van der Waals surface area contributed by atoms with Gasteiger partial charge in [-0.15, -0.1) is 5.10 Å². The van der Waals surface area contributed by atoms with Crippen LogP contribution in [-0.4, -0.2) is 56.6 Å². The number of hydrogen-bond donors (Lipinski definition) is 1. The molecule has 1 aromatic heterocycles. The zero-order chi connectivity index (χ0) is 24.9. The van der Waals surface area contributed by atoms with Crippen molar-refractivity contribution in [2.24, 2.45) is 0 Å². The van der Waals surface area contributed by atoms with Gasteiger partial charge in [0.15, 0.2) is 9.84 Å². The maximum atomic E-state index is 12.9. The Morgan fingerprint density at radius 3 is 2.18 bits per heavy atom. The van der Waals surface area contributed by atoms with Gasteiger partial charge in [0.1, 0.15) is 0 Å². The van der Waals surface area contributed by atoms with Gasteiger partial charge in [0.2, 0.25) is 15.9 Å². The zero-order valence-corrected chi connectivity index (χ0v) is 20.7. The third-order valence-electron chi connectivity index (χ3n) is 4.85. The van der Waals surface area contributed by atoms with Gasteiger partial charge in [-0.2, -0.15) is 4.31 Å². The fourth-order valence-electron chi connectivity index (χ4n) is 3.20. The molecule has 3 aromatic rings. The van der Waals surface area contributed by atoms with Crippen LogP contribution in [0.5, 0.6) is 0 Å². The Kier molecular flexibility index (Phi) is 7.85. The third kappa shape index (κ3) is 5.88. The number of nitrogens with zero attached hydrogens (tertiary/aromatic N) is 3. The van der Waals surface area contributed by atoms with E-state index in [1.165, 1.54) is 40.7 Å². The Balaban J connectivity index is 1.74. The standard InChI is InChI=1S/C22H26N4O6S2/c1-4-13-26(14-5-2)34(30,31)18-11-9-16(10-12-18)20(27)23-22-25-24-21(32-22)17-7-6-8-19(15-17)33(3,28)29/h6-12,15H,4-5,13-14H2,1-3H3,(H,23,25,27). The molecule has 2 aromatic carbocycles. The summed E-state index contributed by atoms with van der Waals surface area (Å²) >= 11 is 0. The number of carbonyl (C=O) groups is 1. The first-order valence-electron chi connectivity index (χ1n) is 10.6. The van der Waals surface area contributed by atoms with Gasteiger partial charge in [-0.1, -0.05) is 25.0 Å². The molecule has 0 bridgehead atoms. The Morgan fingerprint density at radius 2 is 1.59 bits per heavy atom. The second kappa shape index (κ2) is 10.5. The molecule has 1 N–H and O–H groups in total. The van der Waals surface area contributed by atoms with Gasteiger partial charge in [-0.3, -0.25) is 10.1 Å². The lowest BCUT2D eigenvalue weighted by molar-refractivity contribution is 0.102. The van der Waals surface area contributed by atoms with Crippen molar-refractivity contribution in [3.8, 4) is 11.5 Å². The van der Waals surface area contributed by atoms with E-state index in [9.17, 15) is 21.6 Å². The maximum Gasteiger partial charge on any atom is 0.322 e. The Bertz CT molecular complexity index is 1360. The van der Waals surface area contributed by atoms with Crippen molar-refractivity contribution in [3.63, 3.8) is 0 Å². The van der Waals surface area contributed by atoms with Crippen LogP contribution in [0.2, 0.25) is 0 Å². The number of hydrogen-bond acceptors (Lipinski definition) is 8. The summed E-state index contributed by atoms with van der Waals surface area (Å²) in [6, 6.07) is 11.4. The summed E-state index contributed by atoms with van der Waals surface area (Å²) in [4.78, 5) is 12.8. The highest BCUT2D eigenvalue weighted by Crippen LogP contribution is 2.23. The molecule has 0 radical (unpaired) electrons. The average molecular weight is 507 g/mol. The quantitative estimate of drug-likeness (QED) is 0.442. The largest absolute Gasteiger partial charge is 0.403 e. The minimum absolute atomic E-state index is 0.0363. The predicted octanol–water partition coefficient (Wildman–Crippen LogP) is 3.20. The van der Waals surface area contributed by atoms with Crippen LogP contribution in [0.3, 0.4) is 0 Å². The lowest BCUT2D eigenvalue weighted by atomic mass is 10.2. The Hall–Kier alpha value is -3.09. The third-order valence-corrected chi connectivity index (χ3v) is 7.88. The second-order valence-corrected chi connectivity index (χ2v) is 11.5. The molecule has 182 valence electrons. The van der Waals surface area contributed by atoms with Crippen LogP contribution in [0.1, 0.15) is 37.0 Å². The second-order valence-electron chi connectivity index (χ2n) is 7.59. The van der Waals surface area contributed by atoms with E-state index in [0.29, 0.717) is 31.5 Å². The molecule has 0 spiro atoms. The minimum atomic E-state index is -3.65. The zero-order valence-electron chi connectivity index (χ0n) is 19.1. The lowest BCUT2D eigenvalue weighted by Crippen LogP contribution is -2.32. The molecule has 0 aliphatic rings. The number of rotatable bonds is 10. The minimum Gasteiger partial charge on any atom is -0.403 e. The smallest absolute Gasteiger partial charge is 0.322 e. The van der Waals surface area contributed by atoms with Gasteiger partial charge in [0.25, 0.3) is 5.91 Å². The monoisotopic (exact) mass is 506 g/mol. The van der Waals surface area contributed by atoms with Gasteiger partial charge < -0.3 is 4.42 Å². The SMILES string of the molecule is CCCN(CCC)S(=O)(=O)c1ccc(C(=O)Nc2nnc(-c3cccc(S(C)(=O)=O)c3)o2)cc1. The molecule has 34 heavy (non-hydrogen) atoms. The molecule has 12 heteroatoms. The van der Waals surface area contributed by atoms with Crippen molar-refractivity contribution in [1.29, 1.82) is 0 Å². The number of nitrogens with one attached hydrogen (secondary N) is 1. The fourth-order valence-corrected chi connectivity index (χ4v) is 5.49. The first-order chi connectivity index (χ1) is 16.1. The van der Waals surface area contributed by atoms with Crippen molar-refractivity contribution >= 4 is 31.8 Å². The molecular weight excluding hydrogens is 480 g/mol. The van der Waals surface area contributed by atoms with Gasteiger partial charge in [-0.25, -0.2) is 16.8 Å². The van der Waals surface area contributed by atoms with Crippen LogP contribution >= 0.6 is 0 Å². The van der Waals surface area contributed by atoms with E-state index >= 15 is 0 Å². The topological polar surface area (TPSA) is 140 Å². The number of sulfonamides is 1. The molecule has 0 aliphatic carbocycles. The number of aromatic nitrogens is 2. The van der Waals surface area contributed by atoms with Crippen LogP contribution in [-0.2, 0) is 19.9 Å². The molecular formula is C22H26N4O6S2. The molecule has 0 aliphatic heterocycles. The van der Waals surface area contributed by atoms with E-state index in [4.69, 9.17) is 4.42 Å². The molecule has 0 fully saturated rings. The van der Waals surface area contributed by atoms with Crippen LogP contribution in [0.25, 0.3) is 11.5 Å². The average Bonchev–Trinajstić information content (AvgIpc) is 3.27. The van der Waals surface area contributed by atoms with Crippen molar-refractivity contribution in [2.45, 2.75) is 36.5 Å². The molecule has 3 rings (SSSR count). The summed E-state index contributed by atoms with van der Waals surface area (Å²) in [7, 11) is -7.06. The van der Waals surface area contributed by atoms with Gasteiger partial charge >= 0.3 is 6.01 Å². The van der Waals surface area contributed by atoms with Crippen LogP contribution in [0.15, 0.2) is 62.7 Å². The molecule has 0 unspecified atom stereocenters. The van der Waals surface area contributed by atoms with E-state index in [1.54, 1.807) is 12.1 Å². The first-order valence-corrected chi connectivity index (χ1v) is 13.9. The van der Waals surface area contributed by atoms with Crippen molar-refractivity contribution in [3.05, 3.63) is 54.1 Å². The Labute approximate surface area is 199 Å². The molecule has 0 saturated heterocycles. The number of sulfone groups is 1. The number of amides is 1. The van der Waals surface area contributed by atoms with Crippen LogP contribution < -0.4 is 5.32 Å². The number of benzene rings is 2. The van der Waals surface area contributed by atoms with E-state index < -0.39 is 25.8 Å². The molecule has 1 heterocycles. The van der Waals surface area contributed by atoms with E-state index in [2.05, 4.69) is 15.5 Å². The Morgan fingerprint density at radius 1 is 0.941 bits per heavy atom. The summed E-state index contributed by atoms with van der Waals surface area (Å²) < 4.78 is 56.1. The highest BCUT2D eigenvalue weighted by Gasteiger charge is 2.23. The normalized spacial score (nSPS) is 12.1. The van der Waals surface area contributed by atoms with E-state index in [0.717, 1.165) is 6.26 Å². The van der Waals surface area contributed by atoms with Crippen molar-refractivity contribution in [2.75, 3.05) is 24.7 Å². The van der Waals surface area contributed by atoms with E-state index in [-0.39, 0.29) is 27.3 Å².